The van der Waals surface area contributed by atoms with E-state index >= 15 is 0 Å². The highest BCUT2D eigenvalue weighted by Gasteiger charge is 2.31. The van der Waals surface area contributed by atoms with Crippen LogP contribution in [0.25, 0.3) is 0 Å². The van der Waals surface area contributed by atoms with Crippen LogP contribution >= 0.6 is 11.6 Å². The molecule has 0 aliphatic carbocycles. The third-order valence-electron chi connectivity index (χ3n) is 1.27. The Bertz CT molecular complexity index is 256. The zero-order chi connectivity index (χ0) is 9.19. The first kappa shape index (κ1) is 9.38. The third-order valence-corrected chi connectivity index (χ3v) is 1.44. The fourth-order valence-electron chi connectivity index (χ4n) is 0.719. The summed E-state index contributed by atoms with van der Waals surface area (Å²) in [5.41, 5.74) is -0.743. The van der Waals surface area contributed by atoms with E-state index in [0.717, 1.165) is 17.1 Å². The predicted octanol–water partition coefficient (Wildman–Crippen LogP) is 2.14. The summed E-state index contributed by atoms with van der Waals surface area (Å²) in [6, 6.07) is 0. The molecule has 1 aromatic heterocycles. The minimum absolute atomic E-state index is 0.249. The van der Waals surface area contributed by atoms with Gasteiger partial charge >= 0.3 is 6.18 Å². The highest BCUT2D eigenvalue weighted by molar-refractivity contribution is 6.17. The first-order valence-electron chi connectivity index (χ1n) is 3.19. The molecular formula is C6H6ClF3N2. The molecule has 1 heterocycles. The molecule has 0 bridgehead atoms. The largest absolute Gasteiger partial charge is 0.419 e. The van der Waals surface area contributed by atoms with Gasteiger partial charge in [0.05, 0.1) is 18.3 Å². The van der Waals surface area contributed by atoms with Crippen molar-refractivity contribution < 1.29 is 13.2 Å². The summed E-state index contributed by atoms with van der Waals surface area (Å²) in [6.07, 6.45) is -2.60. The molecule has 1 rings (SSSR count). The number of aromatic nitrogens is 2. The fraction of sp³-hybridized carbons (Fsp3) is 0.500. The maximum atomic E-state index is 12.0. The van der Waals surface area contributed by atoms with Crippen molar-refractivity contribution in [3.05, 3.63) is 18.0 Å². The molecule has 2 nitrogen and oxygen atoms in total. The Morgan fingerprint density at radius 1 is 1.50 bits per heavy atom. The third kappa shape index (κ3) is 2.14. The van der Waals surface area contributed by atoms with Gasteiger partial charge in [-0.15, -0.1) is 11.6 Å². The summed E-state index contributed by atoms with van der Waals surface area (Å²) < 4.78 is 37.0. The molecule has 0 unspecified atom stereocenters. The van der Waals surface area contributed by atoms with Gasteiger partial charge in [-0.05, 0) is 0 Å². The van der Waals surface area contributed by atoms with E-state index in [4.69, 9.17) is 11.6 Å². The van der Waals surface area contributed by atoms with E-state index in [1.54, 1.807) is 0 Å². The summed E-state index contributed by atoms with van der Waals surface area (Å²) in [5.74, 6) is 0.249. The van der Waals surface area contributed by atoms with Crippen molar-refractivity contribution in [3.8, 4) is 0 Å². The zero-order valence-electron chi connectivity index (χ0n) is 5.98. The van der Waals surface area contributed by atoms with Crippen LogP contribution < -0.4 is 0 Å². The van der Waals surface area contributed by atoms with E-state index in [0.29, 0.717) is 0 Å². The van der Waals surface area contributed by atoms with E-state index in [-0.39, 0.29) is 12.4 Å². The van der Waals surface area contributed by atoms with E-state index in [9.17, 15) is 13.2 Å². The van der Waals surface area contributed by atoms with Crippen LogP contribution in [-0.4, -0.2) is 15.7 Å². The summed E-state index contributed by atoms with van der Waals surface area (Å²) in [6.45, 7) is 0.289. The Morgan fingerprint density at radius 3 is 2.58 bits per heavy atom. The van der Waals surface area contributed by atoms with Gasteiger partial charge in [0, 0.05) is 12.1 Å². The molecule has 0 amide bonds. The number of nitrogens with zero attached hydrogens (tertiary/aromatic N) is 2. The molecule has 0 atom stereocenters. The zero-order valence-corrected chi connectivity index (χ0v) is 6.73. The average molecular weight is 199 g/mol. The number of aryl methyl sites for hydroxylation is 1. The van der Waals surface area contributed by atoms with Crippen LogP contribution in [0.5, 0.6) is 0 Å². The molecule has 0 saturated heterocycles. The highest BCUT2D eigenvalue weighted by atomic mass is 35.5. The summed E-state index contributed by atoms with van der Waals surface area (Å²) in [4.78, 5) is 0. The lowest BCUT2D eigenvalue weighted by Gasteiger charge is -2.00. The van der Waals surface area contributed by atoms with Gasteiger partial charge in [0.25, 0.3) is 0 Å². The maximum absolute atomic E-state index is 12.0. The molecule has 68 valence electrons. The first-order chi connectivity index (χ1) is 5.54. The average Bonchev–Trinajstić information content (AvgIpc) is 2.35. The molecule has 0 spiro atoms. The lowest BCUT2D eigenvalue weighted by atomic mass is 10.4. The van der Waals surface area contributed by atoms with Gasteiger partial charge in [-0.2, -0.15) is 18.3 Å². The second-order valence-corrected chi connectivity index (χ2v) is 2.56. The quantitative estimate of drug-likeness (QED) is 0.666. The van der Waals surface area contributed by atoms with Crippen LogP contribution in [0.1, 0.15) is 5.56 Å². The van der Waals surface area contributed by atoms with Crippen molar-refractivity contribution in [2.75, 3.05) is 5.88 Å². The van der Waals surface area contributed by atoms with Crippen molar-refractivity contribution in [2.45, 2.75) is 12.7 Å². The predicted molar refractivity (Wildman–Crippen MR) is 37.9 cm³/mol. The van der Waals surface area contributed by atoms with Crippen LogP contribution in [0.3, 0.4) is 0 Å². The van der Waals surface area contributed by atoms with Crippen LogP contribution in [0.2, 0.25) is 0 Å². The lowest BCUT2D eigenvalue weighted by Crippen LogP contribution is -2.03. The monoisotopic (exact) mass is 198 g/mol. The Morgan fingerprint density at radius 2 is 2.17 bits per heavy atom. The fourth-order valence-corrected chi connectivity index (χ4v) is 0.892. The first-order valence-corrected chi connectivity index (χ1v) is 3.73. The van der Waals surface area contributed by atoms with Crippen LogP contribution in [0.15, 0.2) is 12.4 Å². The van der Waals surface area contributed by atoms with Gasteiger partial charge in [-0.25, -0.2) is 0 Å². The minimum Gasteiger partial charge on any atom is -0.271 e. The summed E-state index contributed by atoms with van der Waals surface area (Å²) in [5, 5.41) is 3.48. The topological polar surface area (TPSA) is 17.8 Å². The van der Waals surface area contributed by atoms with E-state index < -0.39 is 11.7 Å². The second kappa shape index (κ2) is 3.35. The maximum Gasteiger partial charge on any atom is 0.419 e. The number of hydrogen-bond donors (Lipinski definition) is 0. The molecule has 6 heteroatoms. The number of halogens is 4. The summed E-state index contributed by atoms with van der Waals surface area (Å²) in [7, 11) is 0. The highest BCUT2D eigenvalue weighted by Crippen LogP contribution is 2.28. The van der Waals surface area contributed by atoms with Crippen LogP contribution in [-0.2, 0) is 12.7 Å². The standard InChI is InChI=1S/C6H6ClF3N2/c7-1-2-12-4-5(3-11-12)6(8,9)10/h3-4H,1-2H2. The van der Waals surface area contributed by atoms with Crippen LogP contribution in [0.4, 0.5) is 13.2 Å². The van der Waals surface area contributed by atoms with Crippen LogP contribution in [0, 0.1) is 0 Å². The normalized spacial score (nSPS) is 12.0. The van der Waals surface area contributed by atoms with Gasteiger partial charge < -0.3 is 0 Å². The number of alkyl halides is 4. The molecule has 0 radical (unpaired) electrons. The molecule has 0 N–H and O–H groups in total. The van der Waals surface area contributed by atoms with E-state index in [1.807, 2.05) is 0 Å². The van der Waals surface area contributed by atoms with Crippen molar-refractivity contribution in [3.63, 3.8) is 0 Å². The van der Waals surface area contributed by atoms with Crippen molar-refractivity contribution >= 4 is 11.6 Å². The molecule has 0 aliphatic rings. The molecule has 0 aliphatic heterocycles. The molecule has 0 fully saturated rings. The van der Waals surface area contributed by atoms with Crippen molar-refractivity contribution in [2.24, 2.45) is 0 Å². The second-order valence-electron chi connectivity index (χ2n) is 2.18. The smallest absolute Gasteiger partial charge is 0.271 e. The number of rotatable bonds is 2. The molecule has 0 saturated carbocycles. The molecular weight excluding hydrogens is 193 g/mol. The summed E-state index contributed by atoms with van der Waals surface area (Å²) >= 11 is 5.32. The van der Waals surface area contributed by atoms with Gasteiger partial charge in [0.2, 0.25) is 0 Å². The van der Waals surface area contributed by atoms with Crippen molar-refractivity contribution in [1.82, 2.24) is 9.78 Å². The van der Waals surface area contributed by atoms with Gasteiger partial charge in [0.1, 0.15) is 0 Å². The Kier molecular flexibility index (Phi) is 2.62. The SMILES string of the molecule is FC(F)(F)c1cnn(CCCl)c1. The minimum atomic E-state index is -4.31. The van der Waals surface area contributed by atoms with Gasteiger partial charge in [0.15, 0.2) is 0 Å². The molecule has 0 aromatic carbocycles. The Hall–Kier alpha value is -0.710. The Balaban J connectivity index is 2.77. The van der Waals surface area contributed by atoms with Gasteiger partial charge in [-0.1, -0.05) is 0 Å². The van der Waals surface area contributed by atoms with Crippen molar-refractivity contribution in [1.29, 1.82) is 0 Å². The molecule has 12 heavy (non-hydrogen) atoms. The Labute approximate surface area is 71.9 Å². The lowest BCUT2D eigenvalue weighted by molar-refractivity contribution is -0.137. The number of hydrogen-bond acceptors (Lipinski definition) is 1. The van der Waals surface area contributed by atoms with Gasteiger partial charge in [-0.3, -0.25) is 4.68 Å². The molecule has 1 aromatic rings. The van der Waals surface area contributed by atoms with E-state index in [1.165, 1.54) is 0 Å². The van der Waals surface area contributed by atoms with E-state index in [2.05, 4.69) is 5.10 Å².